The van der Waals surface area contributed by atoms with Crippen LogP contribution in [0, 0.1) is 5.92 Å². The highest BCUT2D eigenvalue weighted by molar-refractivity contribution is 7.17. The van der Waals surface area contributed by atoms with Crippen LogP contribution in [-0.2, 0) is 12.8 Å². The predicted molar refractivity (Wildman–Crippen MR) is 102 cm³/mol. The lowest BCUT2D eigenvalue weighted by atomic mass is 9.88. The van der Waals surface area contributed by atoms with E-state index < -0.39 is 0 Å². The summed E-state index contributed by atoms with van der Waals surface area (Å²) in [5.41, 5.74) is 2.30. The van der Waals surface area contributed by atoms with E-state index in [1.54, 1.807) is 18.2 Å². The van der Waals surface area contributed by atoms with E-state index in [0.717, 1.165) is 24.8 Å². The third kappa shape index (κ3) is 3.82. The van der Waals surface area contributed by atoms with E-state index >= 15 is 0 Å². The van der Waals surface area contributed by atoms with E-state index in [9.17, 15) is 9.59 Å². The Morgan fingerprint density at radius 1 is 1.28 bits per heavy atom. The summed E-state index contributed by atoms with van der Waals surface area (Å²) < 4.78 is 0. The summed E-state index contributed by atoms with van der Waals surface area (Å²) in [5, 5.41) is 6.44. The Kier molecular flexibility index (Phi) is 5.34. The minimum atomic E-state index is -0.190. The Morgan fingerprint density at radius 2 is 2.04 bits per heavy atom. The molecule has 1 aromatic heterocycles. The topological polar surface area (TPSA) is 58.2 Å². The molecule has 25 heavy (non-hydrogen) atoms. The van der Waals surface area contributed by atoms with E-state index in [1.807, 2.05) is 18.2 Å². The van der Waals surface area contributed by atoms with Gasteiger partial charge in [-0.3, -0.25) is 9.59 Å². The Hall–Kier alpha value is -2.40. The first-order chi connectivity index (χ1) is 12.1. The molecule has 0 fully saturated rings. The second-order valence-electron chi connectivity index (χ2n) is 6.37. The first-order valence-corrected chi connectivity index (χ1v) is 9.31. The number of fused-ring (bicyclic) bond motifs is 1. The number of carbonyl (C=O) groups is 2. The van der Waals surface area contributed by atoms with Crippen LogP contribution in [0.3, 0.4) is 0 Å². The van der Waals surface area contributed by atoms with Crippen molar-refractivity contribution in [3.63, 3.8) is 0 Å². The van der Waals surface area contributed by atoms with Gasteiger partial charge >= 0.3 is 0 Å². The molecule has 4 nitrogen and oxygen atoms in total. The predicted octanol–water partition coefficient (Wildman–Crippen LogP) is 4.04. The van der Waals surface area contributed by atoms with E-state index in [2.05, 4.69) is 24.1 Å². The number of nitrogens with one attached hydrogen (secondary N) is 2. The van der Waals surface area contributed by atoms with Crippen molar-refractivity contribution in [1.29, 1.82) is 0 Å². The molecule has 0 radical (unpaired) electrons. The maximum Gasteiger partial charge on any atom is 0.256 e. The normalized spacial score (nSPS) is 16.0. The first kappa shape index (κ1) is 17.4. The minimum absolute atomic E-state index is 0.143. The molecule has 1 heterocycles. The molecule has 2 N–H and O–H groups in total. The van der Waals surface area contributed by atoms with Crippen molar-refractivity contribution < 1.29 is 9.59 Å². The average Bonchev–Trinajstić information content (AvgIpc) is 2.97. The number of benzene rings is 1. The van der Waals surface area contributed by atoms with Crippen molar-refractivity contribution in [3.05, 3.63) is 64.6 Å². The van der Waals surface area contributed by atoms with Gasteiger partial charge in [-0.05, 0) is 42.9 Å². The standard InChI is InChI=1S/C20H22N2O2S/c1-3-11-21-19(24)17-15-10-9-13(2)12-16(15)25-20(17)22-18(23)14-7-5-4-6-8-14/h3-8,13H,1,9-12H2,2H3,(H,21,24)(H,22,23). The lowest BCUT2D eigenvalue weighted by Gasteiger charge is -2.18. The van der Waals surface area contributed by atoms with Crippen LogP contribution in [0.15, 0.2) is 43.0 Å². The molecule has 130 valence electrons. The first-order valence-electron chi connectivity index (χ1n) is 8.50. The minimum Gasteiger partial charge on any atom is -0.348 e. The molecular formula is C20H22N2O2S. The number of thiophene rings is 1. The average molecular weight is 354 g/mol. The molecule has 0 bridgehead atoms. The molecule has 3 rings (SSSR count). The van der Waals surface area contributed by atoms with Crippen molar-refractivity contribution in [3.8, 4) is 0 Å². The third-order valence-electron chi connectivity index (χ3n) is 4.41. The monoisotopic (exact) mass is 354 g/mol. The van der Waals surface area contributed by atoms with Crippen LogP contribution >= 0.6 is 11.3 Å². The van der Waals surface area contributed by atoms with Gasteiger partial charge in [-0.25, -0.2) is 0 Å². The molecule has 1 aromatic carbocycles. The van der Waals surface area contributed by atoms with Gasteiger partial charge in [-0.15, -0.1) is 17.9 Å². The van der Waals surface area contributed by atoms with Crippen LogP contribution in [0.1, 0.15) is 44.5 Å². The molecule has 0 aliphatic heterocycles. The van der Waals surface area contributed by atoms with Crippen molar-refractivity contribution in [1.82, 2.24) is 5.32 Å². The summed E-state index contributed by atoms with van der Waals surface area (Å²) >= 11 is 1.53. The number of hydrogen-bond acceptors (Lipinski definition) is 3. The Labute approximate surface area is 152 Å². The van der Waals surface area contributed by atoms with Gasteiger partial charge in [0, 0.05) is 17.0 Å². The molecular weight excluding hydrogens is 332 g/mol. The quantitative estimate of drug-likeness (QED) is 0.796. The summed E-state index contributed by atoms with van der Waals surface area (Å²) in [7, 11) is 0. The highest BCUT2D eigenvalue weighted by Gasteiger charge is 2.28. The molecule has 2 aromatic rings. The number of hydrogen-bond donors (Lipinski definition) is 2. The van der Waals surface area contributed by atoms with Gasteiger partial charge < -0.3 is 10.6 Å². The molecule has 1 atom stereocenters. The summed E-state index contributed by atoms with van der Waals surface area (Å²) in [5.74, 6) is 0.272. The molecule has 1 aliphatic carbocycles. The fourth-order valence-corrected chi connectivity index (χ4v) is 4.50. The van der Waals surface area contributed by atoms with Crippen molar-refractivity contribution >= 4 is 28.2 Å². The third-order valence-corrected chi connectivity index (χ3v) is 5.58. The zero-order valence-corrected chi connectivity index (χ0v) is 15.1. The summed E-state index contributed by atoms with van der Waals surface area (Å²) in [4.78, 5) is 26.4. The fraction of sp³-hybridized carbons (Fsp3) is 0.300. The van der Waals surface area contributed by atoms with Gasteiger partial charge in [0.1, 0.15) is 5.00 Å². The van der Waals surface area contributed by atoms with Gasteiger partial charge in [0.05, 0.1) is 5.56 Å². The van der Waals surface area contributed by atoms with Gasteiger partial charge in [0.15, 0.2) is 0 Å². The van der Waals surface area contributed by atoms with Crippen LogP contribution in [0.5, 0.6) is 0 Å². The molecule has 0 spiro atoms. The maximum atomic E-state index is 12.7. The van der Waals surface area contributed by atoms with Gasteiger partial charge in [-0.1, -0.05) is 31.2 Å². The largest absolute Gasteiger partial charge is 0.348 e. The Balaban J connectivity index is 1.93. The maximum absolute atomic E-state index is 12.7. The second kappa shape index (κ2) is 7.66. The molecule has 1 aliphatic rings. The smallest absolute Gasteiger partial charge is 0.256 e. The van der Waals surface area contributed by atoms with Crippen molar-refractivity contribution in [2.24, 2.45) is 5.92 Å². The van der Waals surface area contributed by atoms with Crippen molar-refractivity contribution in [2.75, 3.05) is 11.9 Å². The number of carbonyl (C=O) groups excluding carboxylic acids is 2. The van der Waals surface area contributed by atoms with Crippen LogP contribution in [0.2, 0.25) is 0 Å². The van der Waals surface area contributed by atoms with Crippen molar-refractivity contribution in [2.45, 2.75) is 26.2 Å². The van der Waals surface area contributed by atoms with Gasteiger partial charge in [-0.2, -0.15) is 0 Å². The fourth-order valence-electron chi connectivity index (χ4n) is 3.10. The van der Waals surface area contributed by atoms with Crippen LogP contribution in [0.4, 0.5) is 5.00 Å². The zero-order valence-electron chi connectivity index (χ0n) is 14.3. The van der Waals surface area contributed by atoms with Gasteiger partial charge in [0.2, 0.25) is 0 Å². The summed E-state index contributed by atoms with van der Waals surface area (Å²) in [6.07, 6.45) is 4.56. The van der Waals surface area contributed by atoms with E-state index in [-0.39, 0.29) is 11.8 Å². The second-order valence-corrected chi connectivity index (χ2v) is 7.48. The highest BCUT2D eigenvalue weighted by Crippen LogP contribution is 2.39. The lowest BCUT2D eigenvalue weighted by Crippen LogP contribution is -2.26. The summed E-state index contributed by atoms with van der Waals surface area (Å²) in [6.45, 7) is 6.27. The highest BCUT2D eigenvalue weighted by atomic mass is 32.1. The summed E-state index contributed by atoms with van der Waals surface area (Å²) in [6, 6.07) is 9.06. The van der Waals surface area contributed by atoms with Crippen LogP contribution < -0.4 is 10.6 Å². The molecule has 5 heteroatoms. The number of rotatable bonds is 5. The van der Waals surface area contributed by atoms with Crippen LogP contribution in [0.25, 0.3) is 0 Å². The Morgan fingerprint density at radius 3 is 2.76 bits per heavy atom. The lowest BCUT2D eigenvalue weighted by molar-refractivity contribution is 0.0958. The molecule has 1 unspecified atom stereocenters. The number of anilines is 1. The molecule has 0 saturated heterocycles. The zero-order chi connectivity index (χ0) is 17.8. The SMILES string of the molecule is C=CCNC(=O)c1c(NC(=O)c2ccccc2)sc2c1CCC(C)C2. The van der Waals surface area contributed by atoms with E-state index in [4.69, 9.17) is 0 Å². The van der Waals surface area contributed by atoms with Crippen LogP contribution in [-0.4, -0.2) is 18.4 Å². The molecule has 0 saturated carbocycles. The van der Waals surface area contributed by atoms with E-state index in [1.165, 1.54) is 16.2 Å². The molecule has 2 amide bonds. The number of amides is 2. The Bertz CT molecular complexity index is 796. The van der Waals surface area contributed by atoms with E-state index in [0.29, 0.717) is 28.6 Å². The van der Waals surface area contributed by atoms with Gasteiger partial charge in [0.25, 0.3) is 11.8 Å².